The number of anilines is 1. The molecule has 3 N–H and O–H groups in total. The fourth-order valence-corrected chi connectivity index (χ4v) is 1.84. The van der Waals surface area contributed by atoms with E-state index in [0.717, 1.165) is 5.69 Å². The molecule has 98 valence electrons. The minimum atomic E-state index is -0.258. The van der Waals surface area contributed by atoms with Gasteiger partial charge in [0.2, 0.25) is 5.91 Å². The summed E-state index contributed by atoms with van der Waals surface area (Å²) in [5, 5.41) is 2.66. The number of hydrogen-bond acceptors (Lipinski definition) is 3. The van der Waals surface area contributed by atoms with Crippen molar-refractivity contribution in [1.82, 2.24) is 5.32 Å². The van der Waals surface area contributed by atoms with Gasteiger partial charge < -0.3 is 16.0 Å². The zero-order valence-electron chi connectivity index (χ0n) is 10.7. The highest BCUT2D eigenvalue weighted by atomic mass is 32.1. The Bertz CT molecular complexity index is 408. The average Bonchev–Trinajstić information content (AvgIpc) is 2.38. The SMILES string of the molecule is CNC(=O)C(C)N(CCC(N)=S)c1ccccc1. The average molecular weight is 265 g/mol. The van der Waals surface area contributed by atoms with Crippen molar-refractivity contribution in [1.29, 1.82) is 0 Å². The molecule has 18 heavy (non-hydrogen) atoms. The van der Waals surface area contributed by atoms with Gasteiger partial charge in [0.15, 0.2) is 0 Å². The molecule has 0 radical (unpaired) electrons. The number of likely N-dealkylation sites (N-methyl/N-ethyl adjacent to an activating group) is 1. The molecule has 1 aromatic rings. The Labute approximate surface area is 113 Å². The van der Waals surface area contributed by atoms with E-state index in [1.54, 1.807) is 7.05 Å². The van der Waals surface area contributed by atoms with Gasteiger partial charge in [-0.2, -0.15) is 0 Å². The largest absolute Gasteiger partial charge is 0.393 e. The standard InChI is InChI=1S/C13H19N3OS/c1-10(13(17)15-2)16(9-8-12(14)18)11-6-4-3-5-7-11/h3-7,10H,8-9H2,1-2H3,(H2,14,18)(H,15,17). The van der Waals surface area contributed by atoms with Crippen molar-refractivity contribution in [3.63, 3.8) is 0 Å². The number of amides is 1. The van der Waals surface area contributed by atoms with Crippen LogP contribution in [0.4, 0.5) is 5.69 Å². The van der Waals surface area contributed by atoms with Crippen LogP contribution in [0.1, 0.15) is 13.3 Å². The predicted octanol–water partition coefficient (Wildman–Crippen LogP) is 1.30. The highest BCUT2D eigenvalue weighted by molar-refractivity contribution is 7.80. The van der Waals surface area contributed by atoms with Gasteiger partial charge in [-0.1, -0.05) is 30.4 Å². The van der Waals surface area contributed by atoms with Gasteiger partial charge >= 0.3 is 0 Å². The van der Waals surface area contributed by atoms with E-state index in [2.05, 4.69) is 5.32 Å². The van der Waals surface area contributed by atoms with Gasteiger partial charge in [-0.25, -0.2) is 0 Å². The summed E-state index contributed by atoms with van der Waals surface area (Å²) in [7, 11) is 1.63. The van der Waals surface area contributed by atoms with Crippen LogP contribution >= 0.6 is 12.2 Å². The number of para-hydroxylation sites is 1. The van der Waals surface area contributed by atoms with Crippen molar-refractivity contribution in [3.8, 4) is 0 Å². The van der Waals surface area contributed by atoms with Crippen LogP contribution in [-0.4, -0.2) is 30.5 Å². The van der Waals surface area contributed by atoms with Crippen LogP contribution in [-0.2, 0) is 4.79 Å². The third-order valence-electron chi connectivity index (χ3n) is 2.78. The zero-order valence-corrected chi connectivity index (χ0v) is 11.5. The number of carbonyl (C=O) groups excluding carboxylic acids is 1. The van der Waals surface area contributed by atoms with Crippen molar-refractivity contribution >= 4 is 28.8 Å². The molecule has 0 saturated heterocycles. The molecule has 0 fully saturated rings. The van der Waals surface area contributed by atoms with Crippen LogP contribution < -0.4 is 16.0 Å². The van der Waals surface area contributed by atoms with Crippen LogP contribution in [0.3, 0.4) is 0 Å². The minimum Gasteiger partial charge on any atom is -0.393 e. The van der Waals surface area contributed by atoms with E-state index in [-0.39, 0.29) is 11.9 Å². The number of nitrogens with two attached hydrogens (primary N) is 1. The van der Waals surface area contributed by atoms with Crippen molar-refractivity contribution in [3.05, 3.63) is 30.3 Å². The summed E-state index contributed by atoms with van der Waals surface area (Å²) in [6, 6.07) is 9.52. The molecule has 0 aromatic heterocycles. The Morgan fingerprint density at radius 2 is 2.06 bits per heavy atom. The van der Waals surface area contributed by atoms with Gasteiger partial charge in [-0.05, 0) is 19.1 Å². The van der Waals surface area contributed by atoms with E-state index in [1.165, 1.54) is 0 Å². The van der Waals surface area contributed by atoms with Crippen molar-refractivity contribution in [2.75, 3.05) is 18.5 Å². The molecule has 1 aromatic carbocycles. The highest BCUT2D eigenvalue weighted by Gasteiger charge is 2.20. The third-order valence-corrected chi connectivity index (χ3v) is 2.98. The molecule has 0 aliphatic heterocycles. The zero-order chi connectivity index (χ0) is 13.5. The summed E-state index contributed by atoms with van der Waals surface area (Å²) in [5.74, 6) is -0.0261. The molecule has 5 heteroatoms. The molecule has 0 bridgehead atoms. The lowest BCUT2D eigenvalue weighted by Gasteiger charge is -2.30. The van der Waals surface area contributed by atoms with Crippen LogP contribution in [0.2, 0.25) is 0 Å². The minimum absolute atomic E-state index is 0.0261. The first-order valence-corrected chi connectivity index (χ1v) is 6.28. The molecule has 0 saturated carbocycles. The Morgan fingerprint density at radius 1 is 1.44 bits per heavy atom. The number of nitrogens with one attached hydrogen (secondary N) is 1. The van der Waals surface area contributed by atoms with E-state index in [1.807, 2.05) is 42.2 Å². The molecule has 1 amide bonds. The van der Waals surface area contributed by atoms with Crippen LogP contribution in [0, 0.1) is 0 Å². The predicted molar refractivity (Wildman–Crippen MR) is 78.7 cm³/mol. The number of carbonyl (C=O) groups is 1. The van der Waals surface area contributed by atoms with Crippen molar-refractivity contribution < 1.29 is 4.79 Å². The van der Waals surface area contributed by atoms with Crippen molar-refractivity contribution in [2.45, 2.75) is 19.4 Å². The second-order valence-corrected chi connectivity index (χ2v) is 4.56. The van der Waals surface area contributed by atoms with E-state index < -0.39 is 0 Å². The lowest BCUT2D eigenvalue weighted by atomic mass is 10.2. The fourth-order valence-electron chi connectivity index (χ4n) is 1.75. The highest BCUT2D eigenvalue weighted by Crippen LogP contribution is 2.17. The molecule has 0 aliphatic carbocycles. The molecular weight excluding hydrogens is 246 g/mol. The summed E-state index contributed by atoms with van der Waals surface area (Å²) in [5.41, 5.74) is 6.52. The molecular formula is C13H19N3OS. The molecule has 1 rings (SSSR count). The van der Waals surface area contributed by atoms with Crippen molar-refractivity contribution in [2.24, 2.45) is 5.73 Å². The summed E-state index contributed by atoms with van der Waals surface area (Å²) in [4.78, 5) is 14.2. The Morgan fingerprint density at radius 3 is 2.56 bits per heavy atom. The number of thiocarbonyl (C=S) groups is 1. The van der Waals surface area contributed by atoms with E-state index in [9.17, 15) is 4.79 Å². The summed E-state index contributed by atoms with van der Waals surface area (Å²) < 4.78 is 0. The van der Waals surface area contributed by atoms with Gasteiger partial charge in [-0.15, -0.1) is 0 Å². The monoisotopic (exact) mass is 265 g/mol. The molecule has 0 heterocycles. The fraction of sp³-hybridized carbons (Fsp3) is 0.385. The van der Waals surface area contributed by atoms with E-state index in [4.69, 9.17) is 18.0 Å². The first-order valence-electron chi connectivity index (χ1n) is 5.88. The molecule has 0 aliphatic rings. The maximum atomic E-state index is 11.8. The van der Waals surface area contributed by atoms with Crippen LogP contribution in [0.15, 0.2) is 30.3 Å². The lowest BCUT2D eigenvalue weighted by Crippen LogP contribution is -2.45. The molecule has 1 atom stereocenters. The number of nitrogens with zero attached hydrogens (tertiary/aromatic N) is 1. The van der Waals surface area contributed by atoms with Crippen LogP contribution in [0.25, 0.3) is 0 Å². The quantitative estimate of drug-likeness (QED) is 0.761. The second-order valence-electron chi connectivity index (χ2n) is 4.04. The molecule has 0 spiro atoms. The first kappa shape index (κ1) is 14.4. The maximum absolute atomic E-state index is 11.8. The Hall–Kier alpha value is -1.62. The number of rotatable bonds is 6. The third kappa shape index (κ3) is 4.00. The first-order chi connectivity index (χ1) is 8.56. The summed E-state index contributed by atoms with van der Waals surface area (Å²) in [6.45, 7) is 2.50. The maximum Gasteiger partial charge on any atom is 0.242 e. The smallest absolute Gasteiger partial charge is 0.242 e. The molecule has 1 unspecified atom stereocenters. The summed E-state index contributed by atoms with van der Waals surface area (Å²) >= 11 is 4.90. The summed E-state index contributed by atoms with van der Waals surface area (Å²) in [6.07, 6.45) is 0.589. The van der Waals surface area contributed by atoms with Gasteiger partial charge in [0.25, 0.3) is 0 Å². The van der Waals surface area contributed by atoms with Gasteiger partial charge in [0.1, 0.15) is 6.04 Å². The second kappa shape index (κ2) is 6.96. The van der Waals surface area contributed by atoms with E-state index >= 15 is 0 Å². The number of hydrogen-bond donors (Lipinski definition) is 2. The van der Waals surface area contributed by atoms with Gasteiger partial charge in [0, 0.05) is 25.7 Å². The Kier molecular flexibility index (Phi) is 5.58. The Balaban J connectivity index is 2.88. The normalized spacial score (nSPS) is 11.7. The van der Waals surface area contributed by atoms with E-state index in [0.29, 0.717) is 18.0 Å². The topological polar surface area (TPSA) is 58.4 Å². The lowest BCUT2D eigenvalue weighted by molar-refractivity contribution is -0.121. The molecule has 4 nitrogen and oxygen atoms in total. The van der Waals surface area contributed by atoms with Gasteiger partial charge in [-0.3, -0.25) is 4.79 Å². The van der Waals surface area contributed by atoms with Crippen LogP contribution in [0.5, 0.6) is 0 Å². The van der Waals surface area contributed by atoms with Gasteiger partial charge in [0.05, 0.1) is 4.99 Å². The number of benzene rings is 1.